The third-order valence-corrected chi connectivity index (χ3v) is 9.42. The lowest BCUT2D eigenvalue weighted by Gasteiger charge is -2.51. The lowest BCUT2D eigenvalue weighted by Crippen LogP contribution is -2.55. The van der Waals surface area contributed by atoms with Crippen molar-refractivity contribution in [2.45, 2.75) is 95.7 Å². The molecule has 6 heteroatoms. The van der Waals surface area contributed by atoms with Gasteiger partial charge in [-0.25, -0.2) is 9.78 Å². The van der Waals surface area contributed by atoms with Crippen LogP contribution in [-0.4, -0.2) is 45.7 Å². The molecule has 3 heterocycles. The van der Waals surface area contributed by atoms with Crippen molar-refractivity contribution in [2.24, 2.45) is 17.8 Å². The van der Waals surface area contributed by atoms with Crippen LogP contribution in [0.4, 0.5) is 0 Å². The number of carbonyl (C=O) groups is 1. The molecule has 2 aliphatic carbocycles. The summed E-state index contributed by atoms with van der Waals surface area (Å²) < 4.78 is 7.08. The number of fused-ring (bicyclic) bond motifs is 5. The lowest BCUT2D eigenvalue weighted by atomic mass is 9.67. The van der Waals surface area contributed by atoms with Crippen LogP contribution >= 0.6 is 0 Å². The largest absolute Gasteiger partial charge is 0.461 e. The molecule has 5 atom stereocenters. The fourth-order valence-electron chi connectivity index (χ4n) is 8.12. The summed E-state index contributed by atoms with van der Waals surface area (Å²) in [5.41, 5.74) is 1.16. The molecule has 4 bridgehead atoms. The SMILES string of the molecule is CCOC(=O)c1nc2ccccc2n([C@H]2C[C@H]3CCC[C@@H](C2)N3CC2CC3CCCC(C3)C2)c1=O. The minimum Gasteiger partial charge on any atom is -0.461 e. The number of para-hydroxylation sites is 2. The molecule has 2 aromatic rings. The van der Waals surface area contributed by atoms with E-state index in [1.54, 1.807) is 6.92 Å². The second-order valence-corrected chi connectivity index (χ2v) is 11.6. The number of carbonyl (C=O) groups excluding carboxylic acids is 1. The van der Waals surface area contributed by atoms with Gasteiger partial charge in [0.15, 0.2) is 0 Å². The maximum Gasteiger partial charge on any atom is 0.362 e. The van der Waals surface area contributed by atoms with Gasteiger partial charge in [0.05, 0.1) is 17.6 Å². The van der Waals surface area contributed by atoms with Gasteiger partial charge in [-0.15, -0.1) is 0 Å². The molecular weight excluding hydrogens is 438 g/mol. The topological polar surface area (TPSA) is 64.4 Å². The molecule has 6 nitrogen and oxygen atoms in total. The van der Waals surface area contributed by atoms with Crippen LogP contribution in [0.1, 0.15) is 94.1 Å². The van der Waals surface area contributed by atoms with E-state index < -0.39 is 5.97 Å². The monoisotopic (exact) mass is 477 g/mol. The minimum atomic E-state index is -0.613. The molecular formula is C29H39N3O3. The fourth-order valence-corrected chi connectivity index (χ4v) is 8.12. The Morgan fingerprint density at radius 1 is 0.943 bits per heavy atom. The molecule has 1 aromatic heterocycles. The first-order valence-corrected chi connectivity index (χ1v) is 14.0. The van der Waals surface area contributed by atoms with E-state index in [9.17, 15) is 9.59 Å². The molecule has 1 aromatic carbocycles. The van der Waals surface area contributed by atoms with Gasteiger partial charge < -0.3 is 9.30 Å². The molecule has 4 aliphatic rings. The highest BCUT2D eigenvalue weighted by molar-refractivity contribution is 5.89. The van der Waals surface area contributed by atoms with Crippen LogP contribution in [0.15, 0.2) is 29.1 Å². The third kappa shape index (κ3) is 4.43. The number of nitrogens with zero attached hydrogens (tertiary/aromatic N) is 3. The van der Waals surface area contributed by atoms with Crippen molar-refractivity contribution in [3.05, 3.63) is 40.3 Å². The van der Waals surface area contributed by atoms with Crippen LogP contribution in [0.2, 0.25) is 0 Å². The predicted molar refractivity (Wildman–Crippen MR) is 137 cm³/mol. The zero-order valence-corrected chi connectivity index (χ0v) is 21.0. The van der Waals surface area contributed by atoms with Gasteiger partial charge in [-0.2, -0.15) is 0 Å². The first-order chi connectivity index (χ1) is 17.1. The van der Waals surface area contributed by atoms with Gasteiger partial charge in [0.2, 0.25) is 5.69 Å². The molecule has 4 fully saturated rings. The smallest absolute Gasteiger partial charge is 0.362 e. The Hall–Kier alpha value is -2.21. The summed E-state index contributed by atoms with van der Waals surface area (Å²) in [6.45, 7) is 3.24. The molecule has 2 aliphatic heterocycles. The lowest BCUT2D eigenvalue weighted by molar-refractivity contribution is -0.00946. The average molecular weight is 478 g/mol. The Bertz CT molecular complexity index is 1120. The molecule has 0 spiro atoms. The number of rotatable bonds is 5. The first-order valence-electron chi connectivity index (χ1n) is 14.0. The quantitative estimate of drug-likeness (QED) is 0.544. The van der Waals surface area contributed by atoms with Gasteiger partial charge in [0.1, 0.15) is 0 Å². The second-order valence-electron chi connectivity index (χ2n) is 11.6. The summed E-state index contributed by atoms with van der Waals surface area (Å²) in [5, 5.41) is 0. The van der Waals surface area contributed by atoms with Crippen molar-refractivity contribution in [3.63, 3.8) is 0 Å². The summed E-state index contributed by atoms with van der Waals surface area (Å²) in [7, 11) is 0. The van der Waals surface area contributed by atoms with Gasteiger partial charge in [0.25, 0.3) is 5.56 Å². The zero-order valence-electron chi connectivity index (χ0n) is 21.0. The predicted octanol–water partition coefficient (Wildman–Crippen LogP) is 5.35. The minimum absolute atomic E-state index is 0.0770. The van der Waals surface area contributed by atoms with E-state index in [0.29, 0.717) is 17.6 Å². The Kier molecular flexibility index (Phi) is 6.42. The Balaban J connectivity index is 1.28. The zero-order chi connectivity index (χ0) is 23.9. The highest BCUT2D eigenvalue weighted by Crippen LogP contribution is 2.45. The molecule has 0 radical (unpaired) electrons. The highest BCUT2D eigenvalue weighted by Gasteiger charge is 2.42. The molecule has 0 amide bonds. The van der Waals surface area contributed by atoms with Gasteiger partial charge in [-0.1, -0.05) is 37.8 Å². The number of aromatic nitrogens is 2. The number of esters is 1. The van der Waals surface area contributed by atoms with E-state index in [0.717, 1.165) is 36.1 Å². The molecule has 6 rings (SSSR count). The number of piperidine rings is 2. The second kappa shape index (κ2) is 9.68. The summed E-state index contributed by atoms with van der Waals surface area (Å²) in [4.78, 5) is 33.5. The molecule has 0 N–H and O–H groups in total. The summed E-state index contributed by atoms with van der Waals surface area (Å²) in [6, 6.07) is 8.89. The van der Waals surface area contributed by atoms with Crippen molar-refractivity contribution in [1.82, 2.24) is 14.5 Å². The van der Waals surface area contributed by atoms with E-state index >= 15 is 0 Å². The van der Waals surface area contributed by atoms with E-state index in [-0.39, 0.29) is 23.9 Å². The van der Waals surface area contributed by atoms with E-state index in [1.165, 1.54) is 64.3 Å². The maximum absolute atomic E-state index is 13.6. The average Bonchev–Trinajstić information content (AvgIpc) is 2.83. The van der Waals surface area contributed by atoms with Gasteiger partial charge in [0, 0.05) is 24.7 Å². The number of hydrogen-bond acceptors (Lipinski definition) is 5. The van der Waals surface area contributed by atoms with Gasteiger partial charge in [-0.05, 0) is 81.8 Å². The number of ether oxygens (including phenoxy) is 1. The summed E-state index contributed by atoms with van der Waals surface area (Å²) in [5.74, 6) is 2.16. The van der Waals surface area contributed by atoms with Crippen molar-refractivity contribution in [1.29, 1.82) is 0 Å². The normalized spacial score (nSPS) is 32.9. The molecule has 2 saturated heterocycles. The van der Waals surface area contributed by atoms with Crippen molar-refractivity contribution >= 4 is 17.0 Å². The van der Waals surface area contributed by atoms with E-state index in [1.807, 2.05) is 28.8 Å². The molecule has 2 unspecified atom stereocenters. The van der Waals surface area contributed by atoms with E-state index in [4.69, 9.17) is 4.74 Å². The molecule has 188 valence electrons. The van der Waals surface area contributed by atoms with Crippen LogP contribution < -0.4 is 5.56 Å². The third-order valence-electron chi connectivity index (χ3n) is 9.42. The highest BCUT2D eigenvalue weighted by atomic mass is 16.5. The fraction of sp³-hybridized carbons (Fsp3) is 0.690. The van der Waals surface area contributed by atoms with Crippen LogP contribution in [0.3, 0.4) is 0 Å². The number of hydrogen-bond donors (Lipinski definition) is 0. The maximum atomic E-state index is 13.6. The Labute approximate surface area is 208 Å². The van der Waals surface area contributed by atoms with Crippen LogP contribution in [0.5, 0.6) is 0 Å². The van der Waals surface area contributed by atoms with Crippen LogP contribution in [0.25, 0.3) is 11.0 Å². The Morgan fingerprint density at radius 2 is 1.63 bits per heavy atom. The summed E-state index contributed by atoms with van der Waals surface area (Å²) >= 11 is 0. The van der Waals surface area contributed by atoms with Crippen molar-refractivity contribution < 1.29 is 9.53 Å². The number of benzene rings is 1. The van der Waals surface area contributed by atoms with Gasteiger partial charge >= 0.3 is 5.97 Å². The first kappa shape index (κ1) is 23.2. The molecule has 35 heavy (non-hydrogen) atoms. The van der Waals surface area contributed by atoms with Crippen LogP contribution in [0, 0.1) is 17.8 Å². The van der Waals surface area contributed by atoms with Gasteiger partial charge in [-0.3, -0.25) is 9.69 Å². The molecule has 2 saturated carbocycles. The van der Waals surface area contributed by atoms with Crippen molar-refractivity contribution in [3.8, 4) is 0 Å². The van der Waals surface area contributed by atoms with Crippen molar-refractivity contribution in [2.75, 3.05) is 13.2 Å². The standard InChI is InChI=1S/C29H39N3O3/c1-2-35-29(34)27-28(33)32(26-12-4-3-11-25(26)30-27)24-16-22-9-6-10-23(17-24)31(22)18-21-14-19-7-5-8-20(13-19)15-21/h3-4,11-12,19-24H,2,5-10,13-18H2,1H3/t19?,20?,21?,22-,23+,24+. The summed E-state index contributed by atoms with van der Waals surface area (Å²) in [6.07, 6.45) is 14.3. The van der Waals surface area contributed by atoms with E-state index in [2.05, 4.69) is 9.88 Å². The Morgan fingerprint density at radius 3 is 2.34 bits per heavy atom. The van der Waals surface area contributed by atoms with Crippen LogP contribution in [-0.2, 0) is 4.74 Å².